The van der Waals surface area contributed by atoms with Crippen LogP contribution in [0.3, 0.4) is 0 Å². The van der Waals surface area contributed by atoms with Crippen molar-refractivity contribution in [3.63, 3.8) is 0 Å². The summed E-state index contributed by atoms with van der Waals surface area (Å²) in [6.45, 7) is 2.93. The van der Waals surface area contributed by atoms with E-state index in [9.17, 15) is 0 Å². The van der Waals surface area contributed by atoms with Gasteiger partial charge >= 0.3 is 0 Å². The normalized spacial score (nSPS) is 11.7. The highest BCUT2D eigenvalue weighted by Gasteiger charge is 1.94. The van der Waals surface area contributed by atoms with Gasteiger partial charge in [-0.25, -0.2) is 0 Å². The summed E-state index contributed by atoms with van der Waals surface area (Å²) >= 11 is 5.13. The van der Waals surface area contributed by atoms with Crippen molar-refractivity contribution in [2.45, 2.75) is 13.5 Å². The predicted molar refractivity (Wildman–Crippen MR) is 69.7 cm³/mol. The number of aromatic nitrogens is 2. The summed E-state index contributed by atoms with van der Waals surface area (Å²) in [4.78, 5) is 2.98. The van der Waals surface area contributed by atoms with Crippen LogP contribution >= 0.6 is 12.2 Å². The second-order valence-corrected chi connectivity index (χ2v) is 4.06. The SMILES string of the molecule is CC(=CCn1cc[nH]c1=S)c1ccccc1. The summed E-state index contributed by atoms with van der Waals surface area (Å²) in [5.74, 6) is 0. The number of hydrogen-bond acceptors (Lipinski definition) is 1. The van der Waals surface area contributed by atoms with Crippen LogP contribution in [0.1, 0.15) is 12.5 Å². The van der Waals surface area contributed by atoms with Crippen LogP contribution in [0.25, 0.3) is 5.57 Å². The monoisotopic (exact) mass is 230 g/mol. The number of rotatable bonds is 3. The summed E-state index contributed by atoms with van der Waals surface area (Å²) in [6, 6.07) is 10.4. The van der Waals surface area contributed by atoms with Gasteiger partial charge in [0.05, 0.1) is 0 Å². The maximum absolute atomic E-state index is 5.13. The first kappa shape index (κ1) is 10.9. The molecule has 0 fully saturated rings. The van der Waals surface area contributed by atoms with Gasteiger partial charge in [0.1, 0.15) is 0 Å². The van der Waals surface area contributed by atoms with Crippen molar-refractivity contribution in [2.24, 2.45) is 0 Å². The number of H-pyrrole nitrogens is 1. The molecule has 1 aromatic carbocycles. The third-order valence-corrected chi connectivity index (χ3v) is 2.90. The van der Waals surface area contributed by atoms with Crippen LogP contribution in [0.4, 0.5) is 0 Å². The number of aromatic amines is 1. The van der Waals surface area contributed by atoms with Crippen LogP contribution in [0.5, 0.6) is 0 Å². The van der Waals surface area contributed by atoms with Gasteiger partial charge in [0.15, 0.2) is 4.77 Å². The van der Waals surface area contributed by atoms with Crippen LogP contribution in [0.15, 0.2) is 48.8 Å². The molecule has 0 radical (unpaired) electrons. The quantitative estimate of drug-likeness (QED) is 0.798. The Morgan fingerprint density at radius 3 is 2.75 bits per heavy atom. The lowest BCUT2D eigenvalue weighted by atomic mass is 10.1. The average molecular weight is 230 g/mol. The first-order valence-corrected chi connectivity index (χ1v) is 5.64. The molecule has 0 bridgehead atoms. The van der Waals surface area contributed by atoms with Gasteiger partial charge in [-0.3, -0.25) is 0 Å². The molecule has 1 N–H and O–H groups in total. The largest absolute Gasteiger partial charge is 0.337 e. The Kier molecular flexibility index (Phi) is 3.37. The van der Waals surface area contributed by atoms with Gasteiger partial charge in [-0.2, -0.15) is 0 Å². The smallest absolute Gasteiger partial charge is 0.177 e. The van der Waals surface area contributed by atoms with Crippen molar-refractivity contribution >= 4 is 17.8 Å². The Labute approximate surface area is 100 Å². The molecule has 82 valence electrons. The minimum Gasteiger partial charge on any atom is -0.337 e. The molecule has 2 nitrogen and oxygen atoms in total. The zero-order valence-electron chi connectivity index (χ0n) is 9.18. The molecule has 0 spiro atoms. The van der Waals surface area contributed by atoms with Crippen LogP contribution in [0.2, 0.25) is 0 Å². The maximum atomic E-state index is 5.13. The molecule has 0 saturated carbocycles. The van der Waals surface area contributed by atoms with Crippen molar-refractivity contribution in [3.05, 3.63) is 59.1 Å². The molecule has 0 unspecified atom stereocenters. The molecule has 1 heterocycles. The van der Waals surface area contributed by atoms with Gasteiger partial charge in [0.25, 0.3) is 0 Å². The Hall–Kier alpha value is -1.61. The van der Waals surface area contributed by atoms with Crippen LogP contribution in [-0.2, 0) is 6.54 Å². The Morgan fingerprint density at radius 1 is 1.38 bits per heavy atom. The molecule has 0 aliphatic carbocycles. The molecule has 3 heteroatoms. The fourth-order valence-corrected chi connectivity index (χ4v) is 1.75. The highest BCUT2D eigenvalue weighted by molar-refractivity contribution is 7.71. The summed E-state index contributed by atoms with van der Waals surface area (Å²) in [5.41, 5.74) is 2.52. The highest BCUT2D eigenvalue weighted by atomic mass is 32.1. The first-order chi connectivity index (χ1) is 7.77. The number of nitrogens with zero attached hydrogens (tertiary/aromatic N) is 1. The van der Waals surface area contributed by atoms with Crippen molar-refractivity contribution in [1.82, 2.24) is 9.55 Å². The predicted octanol–water partition coefficient (Wildman–Crippen LogP) is 3.65. The van der Waals surface area contributed by atoms with E-state index in [1.54, 1.807) is 0 Å². The van der Waals surface area contributed by atoms with Gasteiger partial charge in [0.2, 0.25) is 0 Å². The molecule has 0 aliphatic rings. The standard InChI is InChI=1S/C13H14N2S/c1-11(12-5-3-2-4-6-12)7-9-15-10-8-14-13(15)16/h2-8,10H,9H2,1H3,(H,14,16). The van der Waals surface area contributed by atoms with Gasteiger partial charge in [0, 0.05) is 18.9 Å². The summed E-state index contributed by atoms with van der Waals surface area (Å²) in [6.07, 6.45) is 5.99. The minimum absolute atomic E-state index is 0.761. The highest BCUT2D eigenvalue weighted by Crippen LogP contribution is 2.12. The lowest BCUT2D eigenvalue weighted by molar-refractivity contribution is 0.806. The zero-order chi connectivity index (χ0) is 11.4. The van der Waals surface area contributed by atoms with Gasteiger partial charge in [-0.05, 0) is 30.3 Å². The molecule has 0 aliphatic heterocycles. The van der Waals surface area contributed by atoms with E-state index in [1.165, 1.54) is 11.1 Å². The number of imidazole rings is 1. The lowest BCUT2D eigenvalue weighted by Gasteiger charge is -2.02. The Bertz CT molecular complexity index is 534. The average Bonchev–Trinajstić information content (AvgIpc) is 2.73. The third-order valence-electron chi connectivity index (χ3n) is 2.55. The molecule has 0 saturated heterocycles. The third kappa shape index (κ3) is 2.49. The number of allylic oxidation sites excluding steroid dienone is 2. The fraction of sp³-hybridized carbons (Fsp3) is 0.154. The van der Waals surface area contributed by atoms with E-state index in [-0.39, 0.29) is 0 Å². The van der Waals surface area contributed by atoms with Gasteiger partial charge in [-0.1, -0.05) is 36.4 Å². The topological polar surface area (TPSA) is 20.7 Å². The molecule has 2 rings (SSSR count). The van der Waals surface area contributed by atoms with E-state index in [0.717, 1.165) is 11.3 Å². The summed E-state index contributed by atoms with van der Waals surface area (Å²) in [5, 5.41) is 0. The molecule has 0 atom stereocenters. The molecule has 1 aromatic heterocycles. The van der Waals surface area contributed by atoms with Crippen LogP contribution in [-0.4, -0.2) is 9.55 Å². The lowest BCUT2D eigenvalue weighted by Crippen LogP contribution is -1.93. The van der Waals surface area contributed by atoms with Gasteiger partial charge in [-0.15, -0.1) is 0 Å². The number of benzene rings is 1. The van der Waals surface area contributed by atoms with Crippen LogP contribution in [0, 0.1) is 4.77 Å². The second-order valence-electron chi connectivity index (χ2n) is 3.67. The fourth-order valence-electron chi connectivity index (χ4n) is 1.55. The van der Waals surface area contributed by atoms with Crippen molar-refractivity contribution in [1.29, 1.82) is 0 Å². The molecule has 0 amide bonds. The zero-order valence-corrected chi connectivity index (χ0v) is 10.00. The van der Waals surface area contributed by atoms with Gasteiger partial charge < -0.3 is 9.55 Å². The van der Waals surface area contributed by atoms with Crippen LogP contribution < -0.4 is 0 Å². The summed E-state index contributed by atoms with van der Waals surface area (Å²) in [7, 11) is 0. The molecule has 16 heavy (non-hydrogen) atoms. The van der Waals surface area contributed by atoms with E-state index < -0.39 is 0 Å². The Balaban J connectivity index is 2.15. The molecular formula is C13H14N2S. The molecular weight excluding hydrogens is 216 g/mol. The number of hydrogen-bond donors (Lipinski definition) is 1. The summed E-state index contributed by atoms with van der Waals surface area (Å²) < 4.78 is 2.76. The van der Waals surface area contributed by atoms with E-state index in [4.69, 9.17) is 12.2 Å². The second kappa shape index (κ2) is 4.94. The Morgan fingerprint density at radius 2 is 2.12 bits per heavy atom. The van der Waals surface area contributed by atoms with Crippen molar-refractivity contribution in [3.8, 4) is 0 Å². The van der Waals surface area contributed by atoms with Crippen molar-refractivity contribution < 1.29 is 0 Å². The maximum Gasteiger partial charge on any atom is 0.177 e. The molecule has 2 aromatic rings. The number of nitrogens with one attached hydrogen (secondary N) is 1. The van der Waals surface area contributed by atoms with E-state index in [1.807, 2.05) is 23.0 Å². The van der Waals surface area contributed by atoms with E-state index in [2.05, 4.69) is 42.2 Å². The van der Waals surface area contributed by atoms with E-state index >= 15 is 0 Å². The van der Waals surface area contributed by atoms with Crippen molar-refractivity contribution in [2.75, 3.05) is 0 Å². The van der Waals surface area contributed by atoms with E-state index in [0.29, 0.717) is 0 Å². The minimum atomic E-state index is 0.761. The first-order valence-electron chi connectivity index (χ1n) is 5.23.